The number of carbonyl (C=O) groups is 2. The van der Waals surface area contributed by atoms with Gasteiger partial charge in [0, 0.05) is 11.1 Å². The number of aliphatic hydroxyl groups is 1. The Labute approximate surface area is 259 Å². The van der Waals surface area contributed by atoms with E-state index in [2.05, 4.69) is 34.5 Å². The number of phenolic OH excluding ortho intramolecular Hbond substituents is 1. The number of ether oxygens (including phenoxy) is 1. The zero-order valence-corrected chi connectivity index (χ0v) is 24.8. The number of rotatable bonds is 8. The zero-order chi connectivity index (χ0) is 30.4. The zero-order valence-electron chi connectivity index (χ0n) is 23.1. The van der Waals surface area contributed by atoms with Gasteiger partial charge in [-0.2, -0.15) is 0 Å². The van der Waals surface area contributed by atoms with Gasteiger partial charge in [-0.15, -0.1) is 10.2 Å². The number of carbonyl (C=O) groups excluding carboxylic acids is 2. The molecule has 1 amide bonds. The van der Waals surface area contributed by atoms with Crippen molar-refractivity contribution in [1.29, 1.82) is 0 Å². The maximum atomic E-state index is 13.9. The Hall–Kier alpha value is -5.13. The number of benzene rings is 4. The van der Waals surface area contributed by atoms with E-state index < -0.39 is 23.5 Å². The third-order valence-electron chi connectivity index (χ3n) is 7.45. The van der Waals surface area contributed by atoms with Crippen LogP contribution in [0.3, 0.4) is 0 Å². The molecule has 0 aliphatic carbocycles. The van der Waals surface area contributed by atoms with Gasteiger partial charge in [0.15, 0.2) is 27.4 Å². The number of furan rings is 1. The van der Waals surface area contributed by atoms with Crippen molar-refractivity contribution in [3.63, 3.8) is 0 Å². The highest BCUT2D eigenvalue weighted by Crippen LogP contribution is 2.45. The second-order valence-corrected chi connectivity index (χ2v) is 12.2. The minimum Gasteiger partial charge on any atom is -0.504 e. The van der Waals surface area contributed by atoms with Crippen LogP contribution in [0, 0.1) is 0 Å². The second kappa shape index (κ2) is 11.2. The number of para-hydroxylation sites is 1. The van der Waals surface area contributed by atoms with Crippen molar-refractivity contribution >= 4 is 61.7 Å². The largest absolute Gasteiger partial charge is 0.504 e. The number of ketones is 1. The van der Waals surface area contributed by atoms with Gasteiger partial charge in [0.1, 0.15) is 5.58 Å². The number of thioether (sulfide) groups is 1. The molecule has 2 N–H and O–H groups in total. The number of hydrogen-bond acceptors (Lipinski definition) is 10. The molecule has 6 aromatic rings. The topological polar surface area (TPSA) is 126 Å². The maximum Gasteiger partial charge on any atom is 0.296 e. The van der Waals surface area contributed by atoms with Crippen LogP contribution >= 0.6 is 23.1 Å². The number of aromatic nitrogens is 2. The number of aromatic hydroxyl groups is 1. The number of amides is 1. The van der Waals surface area contributed by atoms with Crippen molar-refractivity contribution < 1.29 is 29.0 Å². The van der Waals surface area contributed by atoms with Gasteiger partial charge in [0.2, 0.25) is 10.9 Å². The summed E-state index contributed by atoms with van der Waals surface area (Å²) >= 11 is 2.66. The average molecular weight is 622 g/mol. The SMILES string of the molecule is COc1cc(C2C(C(=O)c3cc4ccccc4o3)=C(O)C(=O)N2c2nnc(SCc3cccc4ccccc34)s2)ccc1O. The Bertz CT molecular complexity index is 2080. The van der Waals surface area contributed by atoms with E-state index >= 15 is 0 Å². The molecule has 1 unspecified atom stereocenters. The van der Waals surface area contributed by atoms with Gasteiger partial charge in [0.05, 0.1) is 18.7 Å². The van der Waals surface area contributed by atoms with E-state index in [4.69, 9.17) is 9.15 Å². The summed E-state index contributed by atoms with van der Waals surface area (Å²) in [4.78, 5) is 28.8. The van der Waals surface area contributed by atoms with E-state index in [-0.39, 0.29) is 28.0 Å². The van der Waals surface area contributed by atoms with E-state index in [1.165, 1.54) is 47.2 Å². The smallest absolute Gasteiger partial charge is 0.296 e. The van der Waals surface area contributed by atoms with E-state index in [1.807, 2.05) is 24.3 Å². The summed E-state index contributed by atoms with van der Waals surface area (Å²) in [6.07, 6.45) is 0. The van der Waals surface area contributed by atoms with Crippen LogP contribution in [0.1, 0.15) is 27.7 Å². The van der Waals surface area contributed by atoms with Gasteiger partial charge in [-0.3, -0.25) is 14.5 Å². The van der Waals surface area contributed by atoms with Gasteiger partial charge in [-0.05, 0) is 46.2 Å². The molecule has 9 nitrogen and oxygen atoms in total. The minimum atomic E-state index is -1.10. The number of hydrogen-bond donors (Lipinski definition) is 2. The molecule has 218 valence electrons. The van der Waals surface area contributed by atoms with Crippen LogP contribution in [-0.2, 0) is 10.5 Å². The molecule has 0 spiro atoms. The molecule has 1 aliphatic rings. The third-order valence-corrected chi connectivity index (χ3v) is 9.56. The van der Waals surface area contributed by atoms with Crippen molar-refractivity contribution in [1.82, 2.24) is 10.2 Å². The Balaban J connectivity index is 1.25. The number of aliphatic hydroxyl groups excluding tert-OH is 1. The number of anilines is 1. The molecule has 7 rings (SSSR count). The van der Waals surface area contributed by atoms with Crippen LogP contribution in [0.4, 0.5) is 5.13 Å². The highest BCUT2D eigenvalue weighted by molar-refractivity contribution is 8.00. The standard InChI is InChI=1S/C33H23N3O6S2/c1-41-25-16-20(13-14-23(25)37)28-27(29(38)26-15-19-8-3-5-12-24(19)42-26)30(39)31(40)36(28)32-34-35-33(44-32)43-17-21-10-6-9-18-7-2-4-11-22(18)21/h2-16,28,37,39H,17H2,1H3. The first-order valence-electron chi connectivity index (χ1n) is 13.5. The van der Waals surface area contributed by atoms with Crippen LogP contribution in [0.2, 0.25) is 0 Å². The normalized spacial score (nSPS) is 15.1. The fourth-order valence-corrected chi connectivity index (χ4v) is 7.23. The van der Waals surface area contributed by atoms with Crippen LogP contribution in [-0.4, -0.2) is 39.2 Å². The Kier molecular flexibility index (Phi) is 7.03. The van der Waals surface area contributed by atoms with Crippen LogP contribution in [0.25, 0.3) is 21.7 Å². The van der Waals surface area contributed by atoms with Gasteiger partial charge in [0.25, 0.3) is 5.91 Å². The minimum absolute atomic E-state index is 0.0262. The van der Waals surface area contributed by atoms with Crippen LogP contribution in [0.15, 0.2) is 111 Å². The summed E-state index contributed by atoms with van der Waals surface area (Å²) in [7, 11) is 1.40. The number of fused-ring (bicyclic) bond motifs is 2. The molecule has 0 saturated heterocycles. The predicted molar refractivity (Wildman–Crippen MR) is 169 cm³/mol. The summed E-state index contributed by atoms with van der Waals surface area (Å²) in [6.45, 7) is 0. The molecule has 0 bridgehead atoms. The van der Waals surface area contributed by atoms with Gasteiger partial charge >= 0.3 is 0 Å². The van der Waals surface area contributed by atoms with E-state index in [1.54, 1.807) is 30.3 Å². The molecule has 4 aromatic carbocycles. The Morgan fingerprint density at radius 1 is 0.977 bits per heavy atom. The molecule has 0 radical (unpaired) electrons. The number of phenols is 1. The fraction of sp³-hybridized carbons (Fsp3) is 0.0909. The summed E-state index contributed by atoms with van der Waals surface area (Å²) in [5.41, 5.74) is 1.87. The fourth-order valence-electron chi connectivity index (χ4n) is 5.36. The summed E-state index contributed by atoms with van der Waals surface area (Å²) < 4.78 is 11.7. The lowest BCUT2D eigenvalue weighted by molar-refractivity contribution is -0.117. The van der Waals surface area contributed by atoms with E-state index in [0.29, 0.717) is 26.6 Å². The van der Waals surface area contributed by atoms with E-state index in [0.717, 1.165) is 16.3 Å². The first-order chi connectivity index (χ1) is 21.4. The summed E-state index contributed by atoms with van der Waals surface area (Å²) in [5.74, 6) is -1.55. The van der Waals surface area contributed by atoms with Crippen molar-refractivity contribution in [3.05, 3.63) is 119 Å². The lowest BCUT2D eigenvalue weighted by Gasteiger charge is -2.24. The average Bonchev–Trinajstić information content (AvgIpc) is 3.76. The quantitative estimate of drug-likeness (QED) is 0.103. The third kappa shape index (κ3) is 4.76. The maximum absolute atomic E-state index is 13.9. The van der Waals surface area contributed by atoms with Crippen LogP contribution in [0.5, 0.6) is 11.5 Å². The van der Waals surface area contributed by atoms with Crippen molar-refractivity contribution in [2.45, 2.75) is 16.1 Å². The van der Waals surface area contributed by atoms with E-state index in [9.17, 15) is 19.8 Å². The number of methoxy groups -OCH3 is 1. The number of Topliss-reactive ketones (excluding diaryl/α,β-unsaturated/α-hetero) is 1. The molecule has 0 saturated carbocycles. The predicted octanol–water partition coefficient (Wildman–Crippen LogP) is 7.23. The molecular weight excluding hydrogens is 599 g/mol. The molecule has 11 heteroatoms. The van der Waals surface area contributed by atoms with Crippen molar-refractivity contribution in [2.75, 3.05) is 12.0 Å². The molecular formula is C33H23N3O6S2. The number of nitrogens with zero attached hydrogens (tertiary/aromatic N) is 3. The first kappa shape index (κ1) is 27.7. The van der Waals surface area contributed by atoms with Crippen molar-refractivity contribution in [3.8, 4) is 11.5 Å². The summed E-state index contributed by atoms with van der Waals surface area (Å²) in [6, 6.07) is 26.4. The monoisotopic (exact) mass is 621 g/mol. The van der Waals surface area contributed by atoms with Crippen LogP contribution < -0.4 is 9.64 Å². The highest BCUT2D eigenvalue weighted by atomic mass is 32.2. The lowest BCUT2D eigenvalue weighted by Crippen LogP contribution is -2.31. The second-order valence-electron chi connectivity index (χ2n) is 10.0. The molecule has 1 aliphatic heterocycles. The molecule has 2 aromatic heterocycles. The molecule has 0 fully saturated rings. The highest BCUT2D eigenvalue weighted by Gasteiger charge is 2.47. The lowest BCUT2D eigenvalue weighted by atomic mass is 9.95. The Morgan fingerprint density at radius 2 is 1.75 bits per heavy atom. The molecule has 1 atom stereocenters. The van der Waals surface area contributed by atoms with Gasteiger partial charge < -0.3 is 19.4 Å². The molecule has 44 heavy (non-hydrogen) atoms. The molecule has 3 heterocycles. The van der Waals surface area contributed by atoms with Gasteiger partial charge in [-0.25, -0.2) is 0 Å². The van der Waals surface area contributed by atoms with Crippen molar-refractivity contribution in [2.24, 2.45) is 0 Å². The summed E-state index contributed by atoms with van der Waals surface area (Å²) in [5, 5.41) is 33.2. The first-order valence-corrected chi connectivity index (χ1v) is 15.3. The Morgan fingerprint density at radius 3 is 2.57 bits per heavy atom. The van der Waals surface area contributed by atoms with Gasteiger partial charge in [-0.1, -0.05) is 89.8 Å².